The van der Waals surface area contributed by atoms with E-state index in [4.69, 9.17) is 5.73 Å². The molecule has 120 valence electrons. The number of likely N-dealkylation sites (tertiary alicyclic amines) is 1. The van der Waals surface area contributed by atoms with Gasteiger partial charge in [0.2, 0.25) is 10.0 Å². The zero-order valence-electron chi connectivity index (χ0n) is 12.8. The van der Waals surface area contributed by atoms with Gasteiger partial charge in [-0.05, 0) is 45.9 Å². The smallest absolute Gasteiger partial charge is 0.246 e. The molecule has 0 radical (unpaired) electrons. The van der Waals surface area contributed by atoms with E-state index in [0.717, 1.165) is 32.4 Å². The lowest BCUT2D eigenvalue weighted by atomic mass is 10.1. The van der Waals surface area contributed by atoms with E-state index in [1.165, 1.54) is 10.5 Å². The van der Waals surface area contributed by atoms with Crippen LogP contribution in [-0.4, -0.2) is 67.2 Å². The van der Waals surface area contributed by atoms with Gasteiger partial charge in [-0.1, -0.05) is 0 Å². The maximum Gasteiger partial charge on any atom is 0.246 e. The van der Waals surface area contributed by atoms with Gasteiger partial charge < -0.3 is 10.6 Å². The second kappa shape index (κ2) is 6.87. The first kappa shape index (κ1) is 16.4. The molecule has 1 aliphatic heterocycles. The first-order valence-electron chi connectivity index (χ1n) is 7.34. The third-order valence-corrected chi connectivity index (χ3v) is 5.94. The number of hydrogen-bond acceptors (Lipinski definition) is 5. The molecule has 8 heteroatoms. The second-order valence-corrected chi connectivity index (χ2v) is 7.63. The zero-order chi connectivity index (χ0) is 15.5. The number of rotatable bonds is 6. The van der Waals surface area contributed by atoms with Crippen LogP contribution in [0.15, 0.2) is 17.3 Å². The van der Waals surface area contributed by atoms with Gasteiger partial charge in [-0.2, -0.15) is 9.40 Å². The third kappa shape index (κ3) is 3.82. The quantitative estimate of drug-likeness (QED) is 0.795. The lowest BCUT2D eigenvalue weighted by Crippen LogP contribution is -2.44. The summed E-state index contributed by atoms with van der Waals surface area (Å²) in [5, 5.41) is 4.11. The van der Waals surface area contributed by atoms with Crippen molar-refractivity contribution in [2.24, 2.45) is 5.73 Å². The standard InChI is InChI=1S/C13H25N5O2S/c1-16-8-4-12(5-9-16)17(2)21(19,20)13-10-15-18(11-13)7-3-6-14/h10-12H,3-9,14H2,1-2H3. The molecule has 2 N–H and O–H groups in total. The Morgan fingerprint density at radius 2 is 2.10 bits per heavy atom. The fraction of sp³-hybridized carbons (Fsp3) is 0.769. The minimum Gasteiger partial charge on any atom is -0.330 e. The molecule has 0 spiro atoms. The summed E-state index contributed by atoms with van der Waals surface area (Å²) in [5.74, 6) is 0. The summed E-state index contributed by atoms with van der Waals surface area (Å²) in [6, 6.07) is 0.0681. The molecule has 7 nitrogen and oxygen atoms in total. The van der Waals surface area contributed by atoms with Gasteiger partial charge in [0.15, 0.2) is 0 Å². The van der Waals surface area contributed by atoms with Crippen molar-refractivity contribution >= 4 is 10.0 Å². The number of sulfonamides is 1. The molecule has 0 aliphatic carbocycles. The van der Waals surface area contributed by atoms with Crippen molar-refractivity contribution in [1.29, 1.82) is 0 Å². The average molecular weight is 315 g/mol. The van der Waals surface area contributed by atoms with E-state index in [2.05, 4.69) is 17.0 Å². The molecule has 0 saturated carbocycles. The Morgan fingerprint density at radius 3 is 2.71 bits per heavy atom. The fourth-order valence-electron chi connectivity index (χ4n) is 2.57. The summed E-state index contributed by atoms with van der Waals surface area (Å²) in [6.45, 7) is 3.07. The monoisotopic (exact) mass is 315 g/mol. The van der Waals surface area contributed by atoms with Gasteiger partial charge in [-0.3, -0.25) is 4.68 Å². The lowest BCUT2D eigenvalue weighted by molar-refractivity contribution is 0.197. The number of aromatic nitrogens is 2. The summed E-state index contributed by atoms with van der Waals surface area (Å²) in [7, 11) is 0.271. The Labute approximate surface area is 126 Å². The van der Waals surface area contributed by atoms with Crippen molar-refractivity contribution in [1.82, 2.24) is 19.0 Å². The topological polar surface area (TPSA) is 84.5 Å². The summed E-state index contributed by atoms with van der Waals surface area (Å²) < 4.78 is 28.4. The Morgan fingerprint density at radius 1 is 1.43 bits per heavy atom. The predicted molar refractivity (Wildman–Crippen MR) is 81.4 cm³/mol. The highest BCUT2D eigenvalue weighted by Crippen LogP contribution is 2.21. The Bertz CT molecular complexity index is 549. The molecule has 2 rings (SSSR count). The molecule has 0 amide bonds. The second-order valence-electron chi connectivity index (χ2n) is 5.64. The van der Waals surface area contributed by atoms with Crippen LogP contribution in [0, 0.1) is 0 Å². The third-order valence-electron chi connectivity index (χ3n) is 4.08. The van der Waals surface area contributed by atoms with Crippen LogP contribution in [0.4, 0.5) is 0 Å². The van der Waals surface area contributed by atoms with Crippen LogP contribution in [0.5, 0.6) is 0 Å². The lowest BCUT2D eigenvalue weighted by Gasteiger charge is -2.34. The van der Waals surface area contributed by atoms with E-state index < -0.39 is 10.0 Å². The molecule has 1 fully saturated rings. The molecule has 0 atom stereocenters. The van der Waals surface area contributed by atoms with Crippen LogP contribution in [0.2, 0.25) is 0 Å². The van der Waals surface area contributed by atoms with Crippen molar-refractivity contribution in [3.05, 3.63) is 12.4 Å². The molecule has 0 aromatic carbocycles. The normalized spacial score (nSPS) is 18.5. The van der Waals surface area contributed by atoms with E-state index in [1.807, 2.05) is 0 Å². The highest BCUT2D eigenvalue weighted by molar-refractivity contribution is 7.89. The Hall–Kier alpha value is -0.960. The zero-order valence-corrected chi connectivity index (χ0v) is 13.6. The van der Waals surface area contributed by atoms with Gasteiger partial charge in [0, 0.05) is 25.8 Å². The molecular weight excluding hydrogens is 290 g/mol. The van der Waals surface area contributed by atoms with Crippen molar-refractivity contribution < 1.29 is 8.42 Å². The van der Waals surface area contributed by atoms with Gasteiger partial charge >= 0.3 is 0 Å². The molecule has 2 heterocycles. The Balaban J connectivity index is 2.07. The number of piperidine rings is 1. The molecule has 1 saturated heterocycles. The molecule has 1 aromatic heterocycles. The number of hydrogen-bond donors (Lipinski definition) is 1. The number of nitrogens with zero attached hydrogens (tertiary/aromatic N) is 4. The Kier molecular flexibility index (Phi) is 5.37. The molecule has 0 bridgehead atoms. The van der Waals surface area contributed by atoms with Crippen molar-refractivity contribution in [3.63, 3.8) is 0 Å². The van der Waals surface area contributed by atoms with Crippen LogP contribution >= 0.6 is 0 Å². The van der Waals surface area contributed by atoms with Crippen molar-refractivity contribution in [2.45, 2.75) is 36.7 Å². The number of aryl methyl sites for hydroxylation is 1. The van der Waals surface area contributed by atoms with E-state index >= 15 is 0 Å². The fourth-order valence-corrected chi connectivity index (χ4v) is 3.95. The van der Waals surface area contributed by atoms with E-state index in [9.17, 15) is 8.42 Å². The average Bonchev–Trinajstić information content (AvgIpc) is 2.94. The van der Waals surface area contributed by atoms with Gasteiger partial charge in [0.1, 0.15) is 4.90 Å². The SMILES string of the molecule is CN1CCC(N(C)S(=O)(=O)c2cnn(CCCN)c2)CC1. The molecule has 21 heavy (non-hydrogen) atoms. The van der Waals surface area contributed by atoms with Crippen LogP contribution in [0.25, 0.3) is 0 Å². The van der Waals surface area contributed by atoms with Gasteiger partial charge in [-0.25, -0.2) is 8.42 Å². The minimum absolute atomic E-state index is 0.0681. The summed E-state index contributed by atoms with van der Waals surface area (Å²) in [4.78, 5) is 2.49. The molecule has 0 unspecified atom stereocenters. The highest BCUT2D eigenvalue weighted by atomic mass is 32.2. The maximum atomic E-state index is 12.6. The van der Waals surface area contributed by atoms with E-state index in [1.54, 1.807) is 17.9 Å². The van der Waals surface area contributed by atoms with Crippen LogP contribution in [-0.2, 0) is 16.6 Å². The summed E-state index contributed by atoms with van der Waals surface area (Å²) >= 11 is 0. The molecular formula is C13H25N5O2S. The molecule has 1 aliphatic rings. The number of nitrogens with two attached hydrogens (primary N) is 1. The van der Waals surface area contributed by atoms with E-state index in [0.29, 0.717) is 13.1 Å². The maximum absolute atomic E-state index is 12.6. The van der Waals surface area contributed by atoms with Crippen LogP contribution in [0.1, 0.15) is 19.3 Å². The van der Waals surface area contributed by atoms with Gasteiger partial charge in [-0.15, -0.1) is 0 Å². The van der Waals surface area contributed by atoms with Crippen LogP contribution in [0.3, 0.4) is 0 Å². The first-order valence-corrected chi connectivity index (χ1v) is 8.78. The van der Waals surface area contributed by atoms with E-state index in [-0.39, 0.29) is 10.9 Å². The minimum atomic E-state index is -3.46. The summed E-state index contributed by atoms with van der Waals surface area (Å²) in [5.41, 5.74) is 5.45. The predicted octanol–water partition coefficient (Wildman–Crippen LogP) is -0.0534. The van der Waals surface area contributed by atoms with Crippen molar-refractivity contribution in [3.8, 4) is 0 Å². The van der Waals surface area contributed by atoms with Crippen molar-refractivity contribution in [2.75, 3.05) is 33.7 Å². The molecule has 1 aromatic rings. The van der Waals surface area contributed by atoms with Gasteiger partial charge in [0.05, 0.1) is 6.20 Å². The summed E-state index contributed by atoms with van der Waals surface area (Å²) in [6.07, 6.45) is 5.54. The highest BCUT2D eigenvalue weighted by Gasteiger charge is 2.30. The van der Waals surface area contributed by atoms with Crippen LogP contribution < -0.4 is 5.73 Å². The first-order chi connectivity index (χ1) is 9.95. The largest absolute Gasteiger partial charge is 0.330 e. The van der Waals surface area contributed by atoms with Gasteiger partial charge in [0.25, 0.3) is 0 Å².